The summed E-state index contributed by atoms with van der Waals surface area (Å²) < 4.78 is 23.8. The molecule has 7 heteroatoms. The largest absolute Gasteiger partial charge is 0.351 e. The van der Waals surface area contributed by atoms with Crippen LogP contribution in [-0.2, 0) is 22.9 Å². The van der Waals surface area contributed by atoms with Crippen LogP contribution in [0.15, 0.2) is 6.07 Å². The Bertz CT molecular complexity index is 599. The Kier molecular flexibility index (Phi) is 6.00. The molecule has 1 aliphatic carbocycles. The highest BCUT2D eigenvalue weighted by molar-refractivity contribution is 7.88. The van der Waals surface area contributed by atoms with Gasteiger partial charge in [0.15, 0.2) is 0 Å². The van der Waals surface area contributed by atoms with Crippen LogP contribution in [0.4, 0.5) is 0 Å². The van der Waals surface area contributed by atoms with Gasteiger partial charge in [0.1, 0.15) is 0 Å². The van der Waals surface area contributed by atoms with E-state index in [0.29, 0.717) is 19.5 Å². The number of aryl methyl sites for hydroxylation is 2. The van der Waals surface area contributed by atoms with E-state index >= 15 is 0 Å². The molecule has 0 atom stereocenters. The molecule has 1 aromatic heterocycles. The molecule has 0 aliphatic heterocycles. The van der Waals surface area contributed by atoms with E-state index in [2.05, 4.69) is 5.32 Å². The molecule has 0 spiro atoms. The van der Waals surface area contributed by atoms with Gasteiger partial charge in [0.05, 0.1) is 11.1 Å². The van der Waals surface area contributed by atoms with E-state index in [0.717, 1.165) is 17.7 Å². The lowest BCUT2D eigenvalue weighted by Gasteiger charge is -2.13. The minimum Gasteiger partial charge on any atom is -0.351 e. The van der Waals surface area contributed by atoms with Crippen molar-refractivity contribution in [3.63, 3.8) is 0 Å². The number of carbonyl (C=O) groups is 1. The van der Waals surface area contributed by atoms with Gasteiger partial charge in [-0.3, -0.25) is 4.79 Å². The van der Waals surface area contributed by atoms with Crippen LogP contribution in [-0.4, -0.2) is 45.0 Å². The summed E-state index contributed by atoms with van der Waals surface area (Å²) in [5, 5.41) is 2.88. The number of hydrogen-bond acceptors (Lipinski definition) is 4. The van der Waals surface area contributed by atoms with Crippen molar-refractivity contribution in [1.29, 1.82) is 0 Å². The summed E-state index contributed by atoms with van der Waals surface area (Å²) in [6.07, 6.45) is 7.67. The zero-order valence-corrected chi connectivity index (χ0v) is 14.9. The number of nitrogens with one attached hydrogen (secondary N) is 1. The molecule has 1 heterocycles. The molecule has 1 N–H and O–H groups in total. The highest BCUT2D eigenvalue weighted by atomic mass is 32.2. The van der Waals surface area contributed by atoms with Gasteiger partial charge in [0.2, 0.25) is 10.0 Å². The Morgan fingerprint density at radius 1 is 1.32 bits per heavy atom. The number of sulfonamides is 1. The normalized spacial score (nSPS) is 15.4. The summed E-state index contributed by atoms with van der Waals surface area (Å²) in [4.78, 5) is 14.3. The Hall–Kier alpha value is -0.920. The van der Waals surface area contributed by atoms with Crippen molar-refractivity contribution < 1.29 is 13.2 Å². The fourth-order valence-electron chi connectivity index (χ4n) is 2.54. The van der Waals surface area contributed by atoms with Crippen molar-refractivity contribution in [3.05, 3.63) is 21.4 Å². The first-order chi connectivity index (χ1) is 10.4. The summed E-state index contributed by atoms with van der Waals surface area (Å²) >= 11 is 1.61. The lowest BCUT2D eigenvalue weighted by Crippen LogP contribution is -2.30. The average molecular weight is 345 g/mol. The predicted molar refractivity (Wildman–Crippen MR) is 90.0 cm³/mol. The maximum atomic E-state index is 12.2. The van der Waals surface area contributed by atoms with E-state index < -0.39 is 10.0 Å². The third-order valence-electron chi connectivity index (χ3n) is 3.97. The third kappa shape index (κ3) is 4.79. The molecule has 0 saturated carbocycles. The molecule has 0 fully saturated rings. The van der Waals surface area contributed by atoms with Gasteiger partial charge >= 0.3 is 0 Å². The SMILES string of the molecule is CN(CCCNC(=O)c1cc2c(s1)CCCCC2)S(C)(=O)=O. The van der Waals surface area contributed by atoms with Crippen molar-refractivity contribution in [2.24, 2.45) is 0 Å². The molecule has 0 bridgehead atoms. The fourth-order valence-corrected chi connectivity index (χ4v) is 4.17. The quantitative estimate of drug-likeness (QED) is 0.634. The van der Waals surface area contributed by atoms with E-state index in [1.165, 1.54) is 40.3 Å². The lowest BCUT2D eigenvalue weighted by atomic mass is 10.1. The van der Waals surface area contributed by atoms with E-state index in [-0.39, 0.29) is 5.91 Å². The first-order valence-corrected chi connectivity index (χ1v) is 10.4. The predicted octanol–water partition coefficient (Wildman–Crippen LogP) is 2.03. The van der Waals surface area contributed by atoms with Gasteiger partial charge in [-0.2, -0.15) is 0 Å². The van der Waals surface area contributed by atoms with Gasteiger partial charge in [-0.1, -0.05) is 6.42 Å². The second-order valence-electron chi connectivity index (χ2n) is 5.81. The molecule has 0 radical (unpaired) electrons. The summed E-state index contributed by atoms with van der Waals surface area (Å²) in [7, 11) is -1.59. The molecule has 0 saturated heterocycles. The Balaban J connectivity index is 1.81. The number of nitrogens with zero attached hydrogens (tertiary/aromatic N) is 1. The molecule has 22 heavy (non-hydrogen) atoms. The van der Waals surface area contributed by atoms with Crippen LogP contribution in [0.3, 0.4) is 0 Å². The summed E-state index contributed by atoms with van der Waals surface area (Å²) in [6.45, 7) is 0.904. The maximum absolute atomic E-state index is 12.2. The zero-order chi connectivity index (χ0) is 16.2. The van der Waals surface area contributed by atoms with Crippen LogP contribution < -0.4 is 5.32 Å². The Labute approximate surface area is 136 Å². The van der Waals surface area contributed by atoms with Gasteiger partial charge in [-0.05, 0) is 43.7 Å². The second kappa shape index (κ2) is 7.57. The Morgan fingerprint density at radius 2 is 2.05 bits per heavy atom. The van der Waals surface area contributed by atoms with Crippen LogP contribution >= 0.6 is 11.3 Å². The summed E-state index contributed by atoms with van der Waals surface area (Å²) in [5.41, 5.74) is 1.34. The smallest absolute Gasteiger partial charge is 0.261 e. The first-order valence-electron chi connectivity index (χ1n) is 7.69. The van der Waals surface area contributed by atoms with Crippen molar-refractivity contribution in [3.8, 4) is 0 Å². The van der Waals surface area contributed by atoms with Gasteiger partial charge < -0.3 is 5.32 Å². The molecular weight excluding hydrogens is 320 g/mol. The van der Waals surface area contributed by atoms with E-state index in [4.69, 9.17) is 0 Å². The number of thiophene rings is 1. The van der Waals surface area contributed by atoms with E-state index in [1.54, 1.807) is 18.4 Å². The van der Waals surface area contributed by atoms with Gasteiger partial charge in [0.25, 0.3) is 5.91 Å². The summed E-state index contributed by atoms with van der Waals surface area (Å²) in [6, 6.07) is 2.03. The van der Waals surface area contributed by atoms with Gasteiger partial charge in [-0.15, -0.1) is 11.3 Å². The number of amides is 1. The van der Waals surface area contributed by atoms with Crippen LogP contribution in [0.5, 0.6) is 0 Å². The van der Waals surface area contributed by atoms with E-state index in [9.17, 15) is 13.2 Å². The second-order valence-corrected chi connectivity index (χ2v) is 9.04. The molecular formula is C15H24N2O3S2. The highest BCUT2D eigenvalue weighted by Crippen LogP contribution is 2.28. The third-order valence-corrected chi connectivity index (χ3v) is 6.52. The summed E-state index contributed by atoms with van der Waals surface area (Å²) in [5.74, 6) is -0.0416. The number of rotatable bonds is 6. The topological polar surface area (TPSA) is 66.5 Å². The molecule has 5 nitrogen and oxygen atoms in total. The lowest BCUT2D eigenvalue weighted by molar-refractivity contribution is 0.0957. The van der Waals surface area contributed by atoms with Gasteiger partial charge in [0, 0.05) is 25.0 Å². The van der Waals surface area contributed by atoms with Crippen LogP contribution in [0.1, 0.15) is 45.8 Å². The van der Waals surface area contributed by atoms with Gasteiger partial charge in [-0.25, -0.2) is 12.7 Å². The molecule has 1 aliphatic rings. The van der Waals surface area contributed by atoms with Crippen LogP contribution in [0, 0.1) is 0 Å². The van der Waals surface area contributed by atoms with Crippen molar-refractivity contribution in [2.45, 2.75) is 38.5 Å². The number of carbonyl (C=O) groups excluding carboxylic acids is 1. The maximum Gasteiger partial charge on any atom is 0.261 e. The van der Waals surface area contributed by atoms with Crippen LogP contribution in [0.25, 0.3) is 0 Å². The number of hydrogen-bond donors (Lipinski definition) is 1. The standard InChI is InChI=1S/C15H24N2O3S2/c1-17(22(2,19)20)10-6-9-16-15(18)14-11-12-7-4-3-5-8-13(12)21-14/h11H,3-10H2,1-2H3,(H,16,18). The number of fused-ring (bicyclic) bond motifs is 1. The Morgan fingerprint density at radius 3 is 2.77 bits per heavy atom. The molecule has 1 amide bonds. The average Bonchev–Trinajstić information content (AvgIpc) is 2.73. The zero-order valence-electron chi connectivity index (χ0n) is 13.2. The molecule has 0 unspecified atom stereocenters. The highest BCUT2D eigenvalue weighted by Gasteiger charge is 2.16. The minimum absolute atomic E-state index is 0.0416. The van der Waals surface area contributed by atoms with Crippen molar-refractivity contribution >= 4 is 27.3 Å². The first kappa shape index (κ1) is 17.4. The molecule has 124 valence electrons. The monoisotopic (exact) mass is 344 g/mol. The van der Waals surface area contributed by atoms with Crippen molar-refractivity contribution in [2.75, 3.05) is 26.4 Å². The molecule has 1 aromatic rings. The molecule has 0 aromatic carbocycles. The van der Waals surface area contributed by atoms with E-state index in [1.807, 2.05) is 6.07 Å². The van der Waals surface area contributed by atoms with Crippen LogP contribution in [0.2, 0.25) is 0 Å². The van der Waals surface area contributed by atoms with Crippen molar-refractivity contribution in [1.82, 2.24) is 9.62 Å². The fraction of sp³-hybridized carbons (Fsp3) is 0.667. The minimum atomic E-state index is -3.14. The molecule has 2 rings (SSSR count).